The zero-order chi connectivity index (χ0) is 15.7. The minimum absolute atomic E-state index is 0.0932. The summed E-state index contributed by atoms with van der Waals surface area (Å²) in [5, 5.41) is 12.4. The fraction of sp³-hybridized carbons (Fsp3) is 0.429. The molecule has 1 N–H and O–H groups in total. The number of aromatic nitrogens is 5. The first-order valence-corrected chi connectivity index (χ1v) is 6.94. The Morgan fingerprint density at radius 2 is 2.18 bits per heavy atom. The first-order chi connectivity index (χ1) is 10.6. The lowest BCUT2D eigenvalue weighted by atomic mass is 10.2. The van der Waals surface area contributed by atoms with Gasteiger partial charge in [0.1, 0.15) is 17.0 Å². The summed E-state index contributed by atoms with van der Waals surface area (Å²) in [6.45, 7) is 4.16. The first kappa shape index (κ1) is 14.5. The average molecular weight is 302 g/mol. The Kier molecular flexibility index (Phi) is 3.76. The lowest BCUT2D eigenvalue weighted by Gasteiger charge is -2.19. The van der Waals surface area contributed by atoms with Crippen LogP contribution in [0.25, 0.3) is 11.1 Å². The lowest BCUT2D eigenvalue weighted by molar-refractivity contribution is 0.184. The van der Waals surface area contributed by atoms with Crippen LogP contribution in [0.15, 0.2) is 16.8 Å². The zero-order valence-electron chi connectivity index (χ0n) is 13.0. The van der Waals surface area contributed by atoms with E-state index in [4.69, 9.17) is 9.26 Å². The summed E-state index contributed by atoms with van der Waals surface area (Å²) in [5.74, 6) is 1.30. The molecule has 22 heavy (non-hydrogen) atoms. The van der Waals surface area contributed by atoms with Crippen molar-refractivity contribution in [3.05, 3.63) is 29.5 Å². The maximum absolute atomic E-state index is 5.32. The van der Waals surface area contributed by atoms with Crippen molar-refractivity contribution in [2.45, 2.75) is 19.9 Å². The van der Waals surface area contributed by atoms with E-state index < -0.39 is 0 Å². The summed E-state index contributed by atoms with van der Waals surface area (Å²) in [6.07, 6.45) is 1.76. The van der Waals surface area contributed by atoms with E-state index in [0.717, 1.165) is 16.8 Å². The van der Waals surface area contributed by atoms with Gasteiger partial charge in [0.2, 0.25) is 0 Å². The van der Waals surface area contributed by atoms with Crippen molar-refractivity contribution in [3.63, 3.8) is 0 Å². The third-order valence-corrected chi connectivity index (χ3v) is 3.48. The van der Waals surface area contributed by atoms with Gasteiger partial charge < -0.3 is 14.6 Å². The molecule has 116 valence electrons. The molecule has 0 unspecified atom stereocenters. The summed E-state index contributed by atoms with van der Waals surface area (Å²) in [5.41, 5.74) is 2.23. The number of aryl methyl sites for hydroxylation is 3. The van der Waals surface area contributed by atoms with E-state index in [1.54, 1.807) is 13.3 Å². The molecule has 8 nitrogen and oxygen atoms in total. The summed E-state index contributed by atoms with van der Waals surface area (Å²) in [7, 11) is 3.56. The van der Waals surface area contributed by atoms with E-state index in [0.29, 0.717) is 24.0 Å². The molecule has 0 fully saturated rings. The van der Waals surface area contributed by atoms with Crippen molar-refractivity contribution < 1.29 is 9.26 Å². The van der Waals surface area contributed by atoms with E-state index in [1.807, 2.05) is 31.6 Å². The second-order valence-electron chi connectivity index (χ2n) is 5.10. The molecule has 0 saturated carbocycles. The molecule has 3 heterocycles. The molecule has 3 rings (SSSR count). The summed E-state index contributed by atoms with van der Waals surface area (Å²) in [4.78, 5) is 8.75. The Balaban J connectivity index is 2.03. The molecular formula is C14H18N6O2. The molecule has 0 spiro atoms. The van der Waals surface area contributed by atoms with Crippen molar-refractivity contribution in [2.75, 3.05) is 19.0 Å². The SMILES string of the molecule is COC[C@@H](Nc1nc(C)nc2onc(C)c12)c1ccnn1C. The summed E-state index contributed by atoms with van der Waals surface area (Å²) >= 11 is 0. The molecule has 0 amide bonds. The zero-order valence-corrected chi connectivity index (χ0v) is 13.0. The third-order valence-electron chi connectivity index (χ3n) is 3.48. The quantitative estimate of drug-likeness (QED) is 0.768. The monoisotopic (exact) mass is 302 g/mol. The Morgan fingerprint density at radius 3 is 2.86 bits per heavy atom. The predicted molar refractivity (Wildman–Crippen MR) is 80.5 cm³/mol. The highest BCUT2D eigenvalue weighted by molar-refractivity contribution is 5.87. The van der Waals surface area contributed by atoms with Crippen LogP contribution in [0.2, 0.25) is 0 Å². The lowest BCUT2D eigenvalue weighted by Crippen LogP contribution is -2.20. The van der Waals surface area contributed by atoms with Gasteiger partial charge in [-0.3, -0.25) is 4.68 Å². The van der Waals surface area contributed by atoms with Gasteiger partial charge in [-0.25, -0.2) is 4.98 Å². The molecule has 0 bridgehead atoms. The molecule has 3 aromatic heterocycles. The van der Waals surface area contributed by atoms with E-state index in [1.165, 1.54) is 0 Å². The van der Waals surface area contributed by atoms with Gasteiger partial charge in [0.05, 0.1) is 24.0 Å². The molecule has 0 radical (unpaired) electrons. The number of hydrogen-bond acceptors (Lipinski definition) is 7. The van der Waals surface area contributed by atoms with Crippen molar-refractivity contribution in [3.8, 4) is 0 Å². The Hall–Kier alpha value is -2.48. The van der Waals surface area contributed by atoms with E-state index in [-0.39, 0.29) is 6.04 Å². The summed E-state index contributed by atoms with van der Waals surface area (Å²) < 4.78 is 12.4. The molecule has 8 heteroatoms. The number of hydrogen-bond donors (Lipinski definition) is 1. The number of nitrogens with one attached hydrogen (secondary N) is 1. The smallest absolute Gasteiger partial charge is 0.263 e. The number of rotatable bonds is 5. The third kappa shape index (κ3) is 2.52. The standard InChI is InChI=1S/C14H18N6O2/c1-8-12-13(16-9(2)17-14(12)22-19-8)18-10(7-21-4)11-5-6-15-20(11)3/h5-6,10H,7H2,1-4H3,(H,16,17,18)/t10-/m1/s1. The van der Waals surface area contributed by atoms with Gasteiger partial charge in [-0.2, -0.15) is 10.1 Å². The van der Waals surface area contributed by atoms with E-state index >= 15 is 0 Å². The fourth-order valence-electron chi connectivity index (χ4n) is 2.46. The second kappa shape index (κ2) is 5.72. The maximum atomic E-state index is 5.32. The molecule has 0 aromatic carbocycles. The van der Waals surface area contributed by atoms with Gasteiger partial charge in [0.25, 0.3) is 5.71 Å². The predicted octanol–water partition coefficient (Wildman–Crippen LogP) is 1.77. The van der Waals surface area contributed by atoms with Crippen molar-refractivity contribution in [1.82, 2.24) is 24.9 Å². The minimum Gasteiger partial charge on any atom is -0.382 e. The van der Waals surface area contributed by atoms with Crippen LogP contribution >= 0.6 is 0 Å². The van der Waals surface area contributed by atoms with Crippen LogP contribution < -0.4 is 5.32 Å². The number of anilines is 1. The van der Waals surface area contributed by atoms with Crippen LogP contribution in [0.1, 0.15) is 23.3 Å². The van der Waals surface area contributed by atoms with Crippen LogP contribution in [0.5, 0.6) is 0 Å². The van der Waals surface area contributed by atoms with Gasteiger partial charge in [0.15, 0.2) is 0 Å². The highest BCUT2D eigenvalue weighted by atomic mass is 16.5. The van der Waals surface area contributed by atoms with Crippen LogP contribution in [-0.2, 0) is 11.8 Å². The second-order valence-corrected chi connectivity index (χ2v) is 5.10. The van der Waals surface area contributed by atoms with E-state index in [9.17, 15) is 0 Å². The van der Waals surface area contributed by atoms with Crippen molar-refractivity contribution in [2.24, 2.45) is 7.05 Å². The number of fused-ring (bicyclic) bond motifs is 1. The van der Waals surface area contributed by atoms with Crippen LogP contribution in [0.3, 0.4) is 0 Å². The Bertz CT molecular complexity index is 794. The minimum atomic E-state index is -0.0932. The van der Waals surface area contributed by atoms with Gasteiger partial charge >= 0.3 is 0 Å². The molecule has 1 atom stereocenters. The number of nitrogens with zero attached hydrogens (tertiary/aromatic N) is 5. The molecular weight excluding hydrogens is 284 g/mol. The van der Waals surface area contributed by atoms with Crippen LogP contribution in [0, 0.1) is 13.8 Å². The molecule has 3 aromatic rings. The normalized spacial score (nSPS) is 12.7. The largest absolute Gasteiger partial charge is 0.382 e. The highest BCUT2D eigenvalue weighted by Crippen LogP contribution is 2.27. The fourth-order valence-corrected chi connectivity index (χ4v) is 2.46. The first-order valence-electron chi connectivity index (χ1n) is 6.94. The highest BCUT2D eigenvalue weighted by Gasteiger charge is 2.20. The maximum Gasteiger partial charge on any atom is 0.263 e. The summed E-state index contributed by atoms with van der Waals surface area (Å²) in [6, 6.07) is 1.85. The van der Waals surface area contributed by atoms with Gasteiger partial charge in [-0.05, 0) is 19.9 Å². The number of methoxy groups -OCH3 is 1. The number of ether oxygens (including phenoxy) is 1. The van der Waals surface area contributed by atoms with Crippen LogP contribution in [0.4, 0.5) is 5.82 Å². The van der Waals surface area contributed by atoms with Crippen molar-refractivity contribution in [1.29, 1.82) is 0 Å². The topological polar surface area (TPSA) is 90.9 Å². The molecule has 0 saturated heterocycles. The van der Waals surface area contributed by atoms with Crippen LogP contribution in [-0.4, -0.2) is 38.6 Å². The van der Waals surface area contributed by atoms with Gasteiger partial charge in [-0.1, -0.05) is 5.16 Å². The molecule has 0 aliphatic rings. The van der Waals surface area contributed by atoms with Gasteiger partial charge in [-0.15, -0.1) is 0 Å². The molecule has 0 aliphatic heterocycles. The Labute approximate surface area is 127 Å². The van der Waals surface area contributed by atoms with Crippen molar-refractivity contribution >= 4 is 16.9 Å². The average Bonchev–Trinajstić information content (AvgIpc) is 3.05. The van der Waals surface area contributed by atoms with E-state index in [2.05, 4.69) is 25.5 Å². The molecule has 0 aliphatic carbocycles. The Morgan fingerprint density at radius 1 is 1.36 bits per heavy atom. The van der Waals surface area contributed by atoms with Gasteiger partial charge in [0, 0.05) is 20.4 Å².